The van der Waals surface area contributed by atoms with Crippen molar-refractivity contribution in [1.29, 1.82) is 0 Å². The van der Waals surface area contributed by atoms with Crippen molar-refractivity contribution in [3.05, 3.63) is 42.0 Å². The van der Waals surface area contributed by atoms with Gasteiger partial charge < -0.3 is 14.7 Å². The summed E-state index contributed by atoms with van der Waals surface area (Å²) in [6.45, 7) is 5.06. The molecule has 162 valence electrons. The average Bonchev–Trinajstić information content (AvgIpc) is 3.71. The summed E-state index contributed by atoms with van der Waals surface area (Å²) in [6.07, 6.45) is 4.05. The maximum absolute atomic E-state index is 12.8. The lowest BCUT2D eigenvalue weighted by Gasteiger charge is -2.36. The van der Waals surface area contributed by atoms with E-state index < -0.39 is 0 Å². The van der Waals surface area contributed by atoms with Crippen LogP contribution < -0.4 is 4.90 Å². The number of rotatable bonds is 6. The van der Waals surface area contributed by atoms with Crippen LogP contribution in [0.15, 0.2) is 36.4 Å². The minimum Gasteiger partial charge on any atom is -0.352 e. The molecule has 0 unspecified atom stereocenters. The molecule has 5 rings (SSSR count). The maximum Gasteiger partial charge on any atom is 0.242 e. The van der Waals surface area contributed by atoms with Crippen molar-refractivity contribution >= 4 is 17.6 Å². The first-order chi connectivity index (χ1) is 15.1. The van der Waals surface area contributed by atoms with Crippen molar-refractivity contribution in [3.8, 4) is 11.3 Å². The lowest BCUT2D eigenvalue weighted by molar-refractivity contribution is -0.142. The third-order valence-electron chi connectivity index (χ3n) is 6.46. The van der Waals surface area contributed by atoms with Gasteiger partial charge in [-0.2, -0.15) is 0 Å². The fourth-order valence-corrected chi connectivity index (χ4v) is 4.14. The van der Waals surface area contributed by atoms with Gasteiger partial charge in [0, 0.05) is 43.7 Å². The zero-order chi connectivity index (χ0) is 21.4. The molecule has 7 nitrogen and oxygen atoms in total. The molecule has 31 heavy (non-hydrogen) atoms. The van der Waals surface area contributed by atoms with E-state index in [0.29, 0.717) is 19.1 Å². The second-order valence-corrected chi connectivity index (χ2v) is 8.98. The molecule has 2 aliphatic carbocycles. The molecule has 1 saturated heterocycles. The molecule has 1 aliphatic heterocycles. The van der Waals surface area contributed by atoms with E-state index in [0.717, 1.165) is 55.8 Å². The molecule has 0 radical (unpaired) electrons. The highest BCUT2D eigenvalue weighted by Crippen LogP contribution is 2.36. The Hall–Kier alpha value is -2.96. The molecule has 0 atom stereocenters. The number of anilines is 1. The fraction of sp³-hybridized carbons (Fsp3) is 0.500. The minimum atomic E-state index is 0.0707. The lowest BCUT2D eigenvalue weighted by Crippen LogP contribution is -2.52. The monoisotopic (exact) mass is 419 g/mol. The van der Waals surface area contributed by atoms with E-state index in [1.165, 1.54) is 5.56 Å². The molecule has 0 bridgehead atoms. The summed E-state index contributed by atoms with van der Waals surface area (Å²) in [5, 5.41) is 8.82. The molecular weight excluding hydrogens is 390 g/mol. The summed E-state index contributed by atoms with van der Waals surface area (Å²) in [6, 6.07) is 12.6. The molecular formula is C24H29N5O2. The largest absolute Gasteiger partial charge is 0.352 e. The van der Waals surface area contributed by atoms with E-state index in [1.807, 2.05) is 21.9 Å². The van der Waals surface area contributed by atoms with E-state index in [-0.39, 0.29) is 24.3 Å². The van der Waals surface area contributed by atoms with Crippen LogP contribution in [0.1, 0.15) is 31.2 Å². The van der Waals surface area contributed by atoms with Crippen molar-refractivity contribution in [2.45, 2.75) is 38.6 Å². The van der Waals surface area contributed by atoms with Crippen LogP contribution in [0.3, 0.4) is 0 Å². The molecule has 1 aromatic carbocycles. The molecule has 2 aromatic rings. The smallest absolute Gasteiger partial charge is 0.242 e. The zero-order valence-electron chi connectivity index (χ0n) is 18.0. The van der Waals surface area contributed by atoms with Crippen LogP contribution in [-0.2, 0) is 9.59 Å². The second-order valence-electron chi connectivity index (χ2n) is 8.98. The SMILES string of the molecule is Cc1ccc(-c2ccc(N3CCN(C(=O)CN(C(=O)C4CC4)C4CC4)CC3)nn2)cc1. The molecule has 0 spiro atoms. The molecule has 3 aliphatic rings. The highest BCUT2D eigenvalue weighted by Gasteiger charge is 2.41. The number of nitrogens with zero attached hydrogens (tertiary/aromatic N) is 5. The number of hydrogen-bond donors (Lipinski definition) is 0. The highest BCUT2D eigenvalue weighted by atomic mass is 16.2. The van der Waals surface area contributed by atoms with Gasteiger partial charge >= 0.3 is 0 Å². The number of aromatic nitrogens is 2. The van der Waals surface area contributed by atoms with Crippen molar-refractivity contribution in [2.24, 2.45) is 5.92 Å². The molecule has 1 aromatic heterocycles. The first-order valence-electron chi connectivity index (χ1n) is 11.3. The van der Waals surface area contributed by atoms with Gasteiger partial charge in [0.25, 0.3) is 0 Å². The highest BCUT2D eigenvalue weighted by molar-refractivity contribution is 5.87. The second kappa shape index (κ2) is 8.29. The van der Waals surface area contributed by atoms with Gasteiger partial charge in [0.1, 0.15) is 6.54 Å². The molecule has 3 fully saturated rings. The van der Waals surface area contributed by atoms with Gasteiger partial charge in [-0.3, -0.25) is 9.59 Å². The first-order valence-corrected chi connectivity index (χ1v) is 11.3. The third-order valence-corrected chi connectivity index (χ3v) is 6.46. The van der Waals surface area contributed by atoms with E-state index in [9.17, 15) is 9.59 Å². The lowest BCUT2D eigenvalue weighted by atomic mass is 10.1. The van der Waals surface area contributed by atoms with E-state index in [2.05, 4.69) is 46.3 Å². The van der Waals surface area contributed by atoms with Crippen LogP contribution in [0, 0.1) is 12.8 Å². The van der Waals surface area contributed by atoms with E-state index in [4.69, 9.17) is 0 Å². The maximum atomic E-state index is 12.8. The summed E-state index contributed by atoms with van der Waals surface area (Å²) >= 11 is 0. The molecule has 2 heterocycles. The number of benzene rings is 1. The Kier molecular flexibility index (Phi) is 5.34. The van der Waals surface area contributed by atoms with Crippen molar-refractivity contribution in [3.63, 3.8) is 0 Å². The normalized spacial score (nSPS) is 18.7. The average molecular weight is 420 g/mol. The van der Waals surface area contributed by atoms with Crippen LogP contribution >= 0.6 is 0 Å². The predicted octanol–water partition coefficient (Wildman–Crippen LogP) is 2.50. The molecule has 0 N–H and O–H groups in total. The van der Waals surface area contributed by atoms with Gasteiger partial charge in [-0.15, -0.1) is 10.2 Å². The van der Waals surface area contributed by atoms with Crippen molar-refractivity contribution < 1.29 is 9.59 Å². The Morgan fingerprint density at radius 1 is 0.935 bits per heavy atom. The summed E-state index contributed by atoms with van der Waals surface area (Å²) in [4.78, 5) is 31.3. The predicted molar refractivity (Wildman–Crippen MR) is 118 cm³/mol. The Bertz CT molecular complexity index is 943. The van der Waals surface area contributed by atoms with Crippen LogP contribution in [0.2, 0.25) is 0 Å². The van der Waals surface area contributed by atoms with Gasteiger partial charge in [0.2, 0.25) is 11.8 Å². The third kappa shape index (κ3) is 4.55. The number of aryl methyl sites for hydroxylation is 1. The van der Waals surface area contributed by atoms with Gasteiger partial charge in [-0.05, 0) is 44.7 Å². The standard InChI is InChI=1S/C24H29N5O2/c1-17-2-4-18(5-3-17)21-10-11-22(26-25-21)27-12-14-28(15-13-27)23(30)16-29(20-8-9-20)24(31)19-6-7-19/h2-5,10-11,19-20H,6-9,12-16H2,1H3. The van der Waals surface area contributed by atoms with Gasteiger partial charge in [0.15, 0.2) is 5.82 Å². The van der Waals surface area contributed by atoms with Crippen molar-refractivity contribution in [2.75, 3.05) is 37.6 Å². The summed E-state index contributed by atoms with van der Waals surface area (Å²) in [5.41, 5.74) is 3.14. The zero-order valence-corrected chi connectivity index (χ0v) is 18.0. The van der Waals surface area contributed by atoms with Crippen LogP contribution in [-0.4, -0.2) is 70.6 Å². The Labute approximate surface area is 183 Å². The summed E-state index contributed by atoms with van der Waals surface area (Å²) < 4.78 is 0. The topological polar surface area (TPSA) is 69.6 Å². The fourth-order valence-electron chi connectivity index (χ4n) is 4.14. The Balaban J connectivity index is 1.16. The molecule has 2 saturated carbocycles. The summed E-state index contributed by atoms with van der Waals surface area (Å²) in [7, 11) is 0. The Morgan fingerprint density at radius 3 is 2.23 bits per heavy atom. The Morgan fingerprint density at radius 2 is 1.65 bits per heavy atom. The van der Waals surface area contributed by atoms with Crippen molar-refractivity contribution in [1.82, 2.24) is 20.0 Å². The summed E-state index contributed by atoms with van der Waals surface area (Å²) in [5.74, 6) is 1.28. The molecule has 2 amide bonds. The first kappa shape index (κ1) is 20.0. The van der Waals surface area contributed by atoms with E-state index in [1.54, 1.807) is 0 Å². The number of carbonyl (C=O) groups is 2. The minimum absolute atomic E-state index is 0.0707. The quantitative estimate of drug-likeness (QED) is 0.720. The number of amides is 2. The number of hydrogen-bond acceptors (Lipinski definition) is 5. The van der Waals surface area contributed by atoms with E-state index >= 15 is 0 Å². The van der Waals surface area contributed by atoms with Gasteiger partial charge in [-0.25, -0.2) is 0 Å². The van der Waals surface area contributed by atoms with Crippen LogP contribution in [0.4, 0.5) is 5.82 Å². The number of carbonyl (C=O) groups excluding carboxylic acids is 2. The van der Waals surface area contributed by atoms with Gasteiger partial charge in [-0.1, -0.05) is 29.8 Å². The van der Waals surface area contributed by atoms with Crippen LogP contribution in [0.25, 0.3) is 11.3 Å². The van der Waals surface area contributed by atoms with Crippen LogP contribution in [0.5, 0.6) is 0 Å². The molecule has 7 heteroatoms. The van der Waals surface area contributed by atoms with Gasteiger partial charge in [0.05, 0.1) is 5.69 Å². The number of piperazine rings is 1.